The number of hydrogen-bond donors (Lipinski definition) is 1. The number of nitrogens with one attached hydrogen (secondary N) is 1. The summed E-state index contributed by atoms with van der Waals surface area (Å²) in [5.74, 6) is 1.56. The monoisotopic (exact) mass is 327 g/mol. The lowest BCUT2D eigenvalue weighted by Gasteiger charge is -2.05. The molecule has 2 aromatic carbocycles. The van der Waals surface area contributed by atoms with Crippen molar-refractivity contribution in [3.05, 3.63) is 58.1 Å². The lowest BCUT2D eigenvalue weighted by molar-refractivity contribution is -0.384. The van der Waals surface area contributed by atoms with Crippen molar-refractivity contribution < 1.29 is 14.4 Å². The zero-order chi connectivity index (χ0) is 16.9. The first-order chi connectivity index (χ1) is 11.6. The van der Waals surface area contributed by atoms with Gasteiger partial charge in [-0.05, 0) is 49.6 Å². The van der Waals surface area contributed by atoms with Gasteiger partial charge in [0.05, 0.1) is 10.6 Å². The Labute approximate surface area is 139 Å². The Kier molecular flexibility index (Phi) is 4.60. The van der Waals surface area contributed by atoms with Gasteiger partial charge in [0, 0.05) is 17.8 Å². The van der Waals surface area contributed by atoms with E-state index in [2.05, 4.69) is 10.5 Å². The van der Waals surface area contributed by atoms with Crippen LogP contribution in [-0.2, 0) is 6.42 Å². The molecule has 7 heteroatoms. The Hall–Kier alpha value is -3.09. The fourth-order valence-electron chi connectivity index (χ4n) is 2.30. The number of nitro benzene ring substituents is 1. The number of non-ortho nitro benzene ring substituents is 1. The van der Waals surface area contributed by atoms with E-state index in [9.17, 15) is 10.1 Å². The molecule has 1 aliphatic heterocycles. The molecule has 0 aliphatic carbocycles. The molecule has 0 saturated carbocycles. The highest BCUT2D eigenvalue weighted by atomic mass is 16.7. The number of rotatable bonds is 6. The van der Waals surface area contributed by atoms with Gasteiger partial charge < -0.3 is 9.47 Å². The van der Waals surface area contributed by atoms with E-state index in [1.54, 1.807) is 12.1 Å². The number of benzene rings is 2. The maximum atomic E-state index is 10.6. The second-order valence-corrected chi connectivity index (χ2v) is 5.45. The van der Waals surface area contributed by atoms with Crippen LogP contribution in [0.15, 0.2) is 47.6 Å². The summed E-state index contributed by atoms with van der Waals surface area (Å²) in [6.45, 7) is 2.21. The van der Waals surface area contributed by atoms with Crippen LogP contribution in [0.4, 0.5) is 11.4 Å². The minimum absolute atomic E-state index is 0.0593. The number of ether oxygens (including phenoxy) is 2. The molecule has 24 heavy (non-hydrogen) atoms. The zero-order valence-corrected chi connectivity index (χ0v) is 13.2. The third-order valence-corrected chi connectivity index (χ3v) is 3.67. The van der Waals surface area contributed by atoms with Crippen LogP contribution in [0.25, 0.3) is 0 Å². The van der Waals surface area contributed by atoms with Crippen molar-refractivity contribution in [2.75, 3.05) is 12.2 Å². The van der Waals surface area contributed by atoms with E-state index in [1.807, 2.05) is 25.1 Å². The highest BCUT2D eigenvalue weighted by Crippen LogP contribution is 2.32. The molecule has 3 rings (SSSR count). The molecule has 1 heterocycles. The van der Waals surface area contributed by atoms with Crippen molar-refractivity contribution in [2.24, 2.45) is 5.10 Å². The lowest BCUT2D eigenvalue weighted by Crippen LogP contribution is -2.00. The van der Waals surface area contributed by atoms with Crippen molar-refractivity contribution in [3.8, 4) is 11.5 Å². The maximum Gasteiger partial charge on any atom is 0.269 e. The van der Waals surface area contributed by atoms with Gasteiger partial charge in [-0.1, -0.05) is 6.07 Å². The summed E-state index contributed by atoms with van der Waals surface area (Å²) in [6, 6.07) is 12.1. The molecular weight excluding hydrogens is 310 g/mol. The lowest BCUT2D eigenvalue weighted by atomic mass is 10.1. The molecule has 7 nitrogen and oxygen atoms in total. The first-order valence-electron chi connectivity index (χ1n) is 7.54. The van der Waals surface area contributed by atoms with E-state index in [4.69, 9.17) is 9.47 Å². The Morgan fingerprint density at radius 3 is 2.71 bits per heavy atom. The summed E-state index contributed by atoms with van der Waals surface area (Å²) in [4.78, 5) is 10.2. The molecule has 0 unspecified atom stereocenters. The Morgan fingerprint density at radius 1 is 1.21 bits per heavy atom. The normalized spacial score (nSPS) is 13.0. The summed E-state index contributed by atoms with van der Waals surface area (Å²) in [6.07, 6.45) is 1.63. The molecule has 1 aliphatic rings. The van der Waals surface area contributed by atoms with Crippen molar-refractivity contribution in [1.29, 1.82) is 0 Å². The van der Waals surface area contributed by atoms with Crippen molar-refractivity contribution in [3.63, 3.8) is 0 Å². The minimum atomic E-state index is -0.427. The van der Waals surface area contributed by atoms with Crippen molar-refractivity contribution >= 4 is 17.1 Å². The number of fused-ring (bicyclic) bond motifs is 1. The van der Waals surface area contributed by atoms with Crippen molar-refractivity contribution in [2.45, 2.75) is 19.8 Å². The predicted molar refractivity (Wildman–Crippen MR) is 90.7 cm³/mol. The fourth-order valence-corrected chi connectivity index (χ4v) is 2.30. The van der Waals surface area contributed by atoms with Gasteiger partial charge in [0.2, 0.25) is 6.79 Å². The number of anilines is 1. The zero-order valence-electron chi connectivity index (χ0n) is 13.2. The van der Waals surface area contributed by atoms with Crippen LogP contribution < -0.4 is 14.9 Å². The van der Waals surface area contributed by atoms with Gasteiger partial charge in [-0.3, -0.25) is 15.5 Å². The molecule has 0 atom stereocenters. The van der Waals surface area contributed by atoms with Gasteiger partial charge in [0.15, 0.2) is 11.5 Å². The van der Waals surface area contributed by atoms with Crippen LogP contribution in [-0.4, -0.2) is 17.4 Å². The molecule has 0 spiro atoms. The van der Waals surface area contributed by atoms with E-state index in [1.165, 1.54) is 12.1 Å². The average molecular weight is 327 g/mol. The standard InChI is InChI=1S/C17H17N3O4/c1-12(18-19-14-5-7-15(8-6-14)20(21)22)2-3-13-4-9-16-17(10-13)24-11-23-16/h4-10,19H,2-3,11H2,1H3/b18-12+. The highest BCUT2D eigenvalue weighted by molar-refractivity contribution is 5.82. The van der Waals surface area contributed by atoms with Gasteiger partial charge in [-0.2, -0.15) is 5.10 Å². The smallest absolute Gasteiger partial charge is 0.269 e. The molecule has 0 bridgehead atoms. The Bertz CT molecular complexity index is 772. The van der Waals surface area contributed by atoms with Crippen LogP contribution >= 0.6 is 0 Å². The highest BCUT2D eigenvalue weighted by Gasteiger charge is 2.13. The number of nitro groups is 1. The van der Waals surface area contributed by atoms with E-state index in [0.717, 1.165) is 35.6 Å². The van der Waals surface area contributed by atoms with Gasteiger partial charge in [-0.25, -0.2) is 0 Å². The first-order valence-corrected chi connectivity index (χ1v) is 7.54. The first kappa shape index (κ1) is 15.8. The van der Waals surface area contributed by atoms with E-state index < -0.39 is 4.92 Å². The minimum Gasteiger partial charge on any atom is -0.454 e. The molecule has 0 amide bonds. The molecular formula is C17H17N3O4. The van der Waals surface area contributed by atoms with E-state index in [0.29, 0.717) is 5.69 Å². The fraction of sp³-hybridized carbons (Fsp3) is 0.235. The summed E-state index contributed by atoms with van der Waals surface area (Å²) < 4.78 is 10.7. The second kappa shape index (κ2) is 6.99. The number of aryl methyl sites for hydroxylation is 1. The van der Waals surface area contributed by atoms with Crippen LogP contribution in [0.1, 0.15) is 18.9 Å². The van der Waals surface area contributed by atoms with Crippen molar-refractivity contribution in [1.82, 2.24) is 0 Å². The third-order valence-electron chi connectivity index (χ3n) is 3.67. The average Bonchev–Trinajstić information content (AvgIpc) is 3.06. The molecule has 0 saturated heterocycles. The summed E-state index contributed by atoms with van der Waals surface area (Å²) in [5.41, 5.74) is 5.77. The summed E-state index contributed by atoms with van der Waals surface area (Å²) >= 11 is 0. The van der Waals surface area contributed by atoms with Gasteiger partial charge in [0.1, 0.15) is 0 Å². The second-order valence-electron chi connectivity index (χ2n) is 5.45. The van der Waals surface area contributed by atoms with E-state index in [-0.39, 0.29) is 12.5 Å². The quantitative estimate of drug-likeness (QED) is 0.496. The Morgan fingerprint density at radius 2 is 1.96 bits per heavy atom. The largest absolute Gasteiger partial charge is 0.454 e. The number of hydrazone groups is 1. The van der Waals surface area contributed by atoms with Gasteiger partial charge >= 0.3 is 0 Å². The topological polar surface area (TPSA) is 86.0 Å². The SMILES string of the molecule is C/C(CCc1ccc2c(c1)OCO2)=N\Nc1ccc([N+](=O)[O-])cc1. The summed E-state index contributed by atoms with van der Waals surface area (Å²) in [7, 11) is 0. The molecule has 0 fully saturated rings. The van der Waals surface area contributed by atoms with Crippen LogP contribution in [0.3, 0.4) is 0 Å². The number of hydrogen-bond acceptors (Lipinski definition) is 6. The van der Waals surface area contributed by atoms with E-state index >= 15 is 0 Å². The third kappa shape index (κ3) is 3.81. The molecule has 0 radical (unpaired) electrons. The maximum absolute atomic E-state index is 10.6. The summed E-state index contributed by atoms with van der Waals surface area (Å²) in [5, 5.41) is 14.9. The molecule has 2 aromatic rings. The molecule has 1 N–H and O–H groups in total. The molecule has 124 valence electrons. The Balaban J connectivity index is 1.53. The van der Waals surface area contributed by atoms with Gasteiger partial charge in [0.25, 0.3) is 5.69 Å². The van der Waals surface area contributed by atoms with Gasteiger partial charge in [-0.15, -0.1) is 0 Å². The molecule has 0 aromatic heterocycles. The van der Waals surface area contributed by atoms with Crippen LogP contribution in [0, 0.1) is 10.1 Å². The predicted octanol–water partition coefficient (Wildman–Crippen LogP) is 3.74. The van der Waals surface area contributed by atoms with Crippen LogP contribution in [0.2, 0.25) is 0 Å². The van der Waals surface area contributed by atoms with Crippen LogP contribution in [0.5, 0.6) is 11.5 Å². The number of nitrogens with zero attached hydrogens (tertiary/aromatic N) is 2.